The maximum atomic E-state index is 13.9. The molecule has 2 unspecified atom stereocenters. The van der Waals surface area contributed by atoms with Crippen LogP contribution in [0.2, 0.25) is 0 Å². The van der Waals surface area contributed by atoms with Gasteiger partial charge in [0.1, 0.15) is 11.6 Å². The van der Waals surface area contributed by atoms with Crippen LogP contribution in [0.3, 0.4) is 0 Å². The van der Waals surface area contributed by atoms with Gasteiger partial charge in [-0.2, -0.15) is 0 Å². The first-order valence-corrected chi connectivity index (χ1v) is 6.14. The molecule has 1 rings (SSSR count). The first kappa shape index (κ1) is 14.1. The molecule has 0 aliphatic rings. The quantitative estimate of drug-likeness (QED) is 0.822. The maximum absolute atomic E-state index is 13.9. The van der Waals surface area contributed by atoms with E-state index in [0.717, 1.165) is 12.8 Å². The number of hydrogen-bond donors (Lipinski definition) is 1. The topological polar surface area (TPSA) is 12.0 Å². The Bertz CT molecular complexity index is 377. The van der Waals surface area contributed by atoms with Crippen molar-refractivity contribution in [2.75, 3.05) is 7.05 Å². The van der Waals surface area contributed by atoms with Crippen molar-refractivity contribution < 1.29 is 8.78 Å². The van der Waals surface area contributed by atoms with E-state index in [0.29, 0.717) is 11.1 Å². The molecule has 0 aromatic heterocycles. The number of rotatable bonds is 5. The molecule has 1 nitrogen and oxygen atoms in total. The number of aryl methyl sites for hydroxylation is 1. The summed E-state index contributed by atoms with van der Waals surface area (Å²) in [4.78, 5) is 0. The summed E-state index contributed by atoms with van der Waals surface area (Å²) >= 11 is 0. The zero-order valence-corrected chi connectivity index (χ0v) is 11.0. The molecule has 1 aromatic rings. The fourth-order valence-electron chi connectivity index (χ4n) is 2.27. The lowest BCUT2D eigenvalue weighted by molar-refractivity contribution is 0.370. The Kier molecular flexibility index (Phi) is 5.06. The lowest BCUT2D eigenvalue weighted by Crippen LogP contribution is -2.24. The number of nitrogens with one attached hydrogen (secondary N) is 1. The van der Waals surface area contributed by atoms with Crippen molar-refractivity contribution in [2.24, 2.45) is 5.92 Å². The second-order valence-electron chi connectivity index (χ2n) is 4.66. The molecule has 17 heavy (non-hydrogen) atoms. The molecule has 0 saturated carbocycles. The summed E-state index contributed by atoms with van der Waals surface area (Å²) in [7, 11) is 1.79. The Morgan fingerprint density at radius 3 is 2.41 bits per heavy atom. The van der Waals surface area contributed by atoms with Crippen molar-refractivity contribution in [1.82, 2.24) is 5.32 Å². The third kappa shape index (κ3) is 3.25. The molecule has 0 saturated heterocycles. The Morgan fingerprint density at radius 1 is 1.24 bits per heavy atom. The van der Waals surface area contributed by atoms with Crippen LogP contribution >= 0.6 is 0 Å². The molecule has 3 heteroatoms. The van der Waals surface area contributed by atoms with Crippen LogP contribution in [0.25, 0.3) is 0 Å². The van der Waals surface area contributed by atoms with Crippen LogP contribution in [0.5, 0.6) is 0 Å². The molecule has 0 radical (unpaired) electrons. The fraction of sp³-hybridized carbons (Fsp3) is 0.571. The summed E-state index contributed by atoms with van der Waals surface area (Å²) in [6, 6.07) is 2.45. The summed E-state index contributed by atoms with van der Waals surface area (Å²) in [6.07, 6.45) is 2.02. The molecule has 0 aliphatic heterocycles. The van der Waals surface area contributed by atoms with E-state index in [2.05, 4.69) is 19.2 Å². The van der Waals surface area contributed by atoms with Gasteiger partial charge in [-0.25, -0.2) is 8.78 Å². The summed E-state index contributed by atoms with van der Waals surface area (Å²) < 4.78 is 27.4. The van der Waals surface area contributed by atoms with Crippen molar-refractivity contribution >= 4 is 0 Å². The minimum Gasteiger partial charge on any atom is -0.313 e. The second kappa shape index (κ2) is 6.10. The second-order valence-corrected chi connectivity index (χ2v) is 4.66. The monoisotopic (exact) mass is 241 g/mol. The van der Waals surface area contributed by atoms with Crippen LogP contribution in [0.15, 0.2) is 12.1 Å². The molecule has 0 amide bonds. The van der Waals surface area contributed by atoms with E-state index in [4.69, 9.17) is 0 Å². The van der Waals surface area contributed by atoms with Gasteiger partial charge in [-0.3, -0.25) is 0 Å². The molecule has 96 valence electrons. The largest absolute Gasteiger partial charge is 0.313 e. The molecule has 1 N–H and O–H groups in total. The summed E-state index contributed by atoms with van der Waals surface area (Å²) in [5.74, 6) is -0.391. The maximum Gasteiger partial charge on any atom is 0.128 e. The van der Waals surface area contributed by atoms with E-state index >= 15 is 0 Å². The van der Waals surface area contributed by atoms with Crippen LogP contribution in [-0.2, 0) is 0 Å². The van der Waals surface area contributed by atoms with Gasteiger partial charge in [-0.05, 0) is 44.0 Å². The van der Waals surface area contributed by atoms with Crippen molar-refractivity contribution in [2.45, 2.75) is 39.7 Å². The highest BCUT2D eigenvalue weighted by Crippen LogP contribution is 2.28. The normalized spacial score (nSPS) is 14.7. The SMILES string of the molecule is CCCC(C)C(NC)c1cc(F)c(C)cc1F. The van der Waals surface area contributed by atoms with Crippen LogP contribution < -0.4 is 5.32 Å². The van der Waals surface area contributed by atoms with Crippen LogP contribution in [0, 0.1) is 24.5 Å². The summed E-state index contributed by atoms with van der Waals surface area (Å²) in [5, 5.41) is 3.08. The van der Waals surface area contributed by atoms with E-state index in [9.17, 15) is 8.78 Å². The van der Waals surface area contributed by atoms with Gasteiger partial charge in [0.15, 0.2) is 0 Å². The van der Waals surface area contributed by atoms with E-state index in [1.54, 1.807) is 14.0 Å². The minimum absolute atomic E-state index is 0.134. The third-order valence-electron chi connectivity index (χ3n) is 3.24. The third-order valence-corrected chi connectivity index (χ3v) is 3.24. The highest BCUT2D eigenvalue weighted by molar-refractivity contribution is 5.28. The van der Waals surface area contributed by atoms with Crippen molar-refractivity contribution in [3.8, 4) is 0 Å². The molecule has 0 bridgehead atoms. The van der Waals surface area contributed by atoms with Gasteiger partial charge in [0.2, 0.25) is 0 Å². The molecule has 0 spiro atoms. The van der Waals surface area contributed by atoms with E-state index < -0.39 is 0 Å². The van der Waals surface area contributed by atoms with E-state index in [1.807, 2.05) is 0 Å². The number of hydrogen-bond acceptors (Lipinski definition) is 1. The molecular weight excluding hydrogens is 220 g/mol. The summed E-state index contributed by atoms with van der Waals surface area (Å²) in [6.45, 7) is 5.73. The highest BCUT2D eigenvalue weighted by Gasteiger charge is 2.21. The predicted molar refractivity (Wildman–Crippen MR) is 67.0 cm³/mol. The lowest BCUT2D eigenvalue weighted by atomic mass is 9.90. The van der Waals surface area contributed by atoms with Crippen LogP contribution in [0.1, 0.15) is 43.9 Å². The summed E-state index contributed by atoms with van der Waals surface area (Å²) in [5.41, 5.74) is 0.779. The average molecular weight is 241 g/mol. The molecule has 0 heterocycles. The smallest absolute Gasteiger partial charge is 0.128 e. The lowest BCUT2D eigenvalue weighted by Gasteiger charge is -2.24. The Morgan fingerprint density at radius 2 is 1.88 bits per heavy atom. The van der Waals surface area contributed by atoms with Gasteiger partial charge in [0.25, 0.3) is 0 Å². The first-order valence-electron chi connectivity index (χ1n) is 6.14. The fourth-order valence-corrected chi connectivity index (χ4v) is 2.27. The van der Waals surface area contributed by atoms with Gasteiger partial charge < -0.3 is 5.32 Å². The molecule has 0 fully saturated rings. The Labute approximate surface area is 102 Å². The zero-order chi connectivity index (χ0) is 13.0. The van der Waals surface area contributed by atoms with Gasteiger partial charge in [0, 0.05) is 11.6 Å². The minimum atomic E-state index is -0.342. The van der Waals surface area contributed by atoms with Gasteiger partial charge in [-0.15, -0.1) is 0 Å². The molecular formula is C14H21F2N. The molecule has 2 atom stereocenters. The first-order chi connectivity index (χ1) is 8.01. The van der Waals surface area contributed by atoms with Gasteiger partial charge in [0.05, 0.1) is 0 Å². The highest BCUT2D eigenvalue weighted by atomic mass is 19.1. The van der Waals surface area contributed by atoms with E-state index in [1.165, 1.54) is 12.1 Å². The number of benzene rings is 1. The zero-order valence-electron chi connectivity index (χ0n) is 11.0. The van der Waals surface area contributed by atoms with Crippen molar-refractivity contribution in [3.05, 3.63) is 34.9 Å². The standard InChI is InChI=1S/C14H21F2N/c1-5-6-9(2)14(17-4)11-8-12(15)10(3)7-13(11)16/h7-9,14,17H,5-6H2,1-4H3. The van der Waals surface area contributed by atoms with Crippen LogP contribution in [-0.4, -0.2) is 7.05 Å². The van der Waals surface area contributed by atoms with Crippen molar-refractivity contribution in [1.29, 1.82) is 0 Å². The Balaban J connectivity index is 3.07. The van der Waals surface area contributed by atoms with Crippen molar-refractivity contribution in [3.63, 3.8) is 0 Å². The molecule has 0 aliphatic carbocycles. The average Bonchev–Trinajstić information content (AvgIpc) is 2.26. The predicted octanol–water partition coefficient (Wildman–Crippen LogP) is 3.97. The molecule has 1 aromatic carbocycles. The van der Waals surface area contributed by atoms with Gasteiger partial charge >= 0.3 is 0 Å². The number of halogens is 2. The Hall–Kier alpha value is -0.960. The van der Waals surface area contributed by atoms with Gasteiger partial charge in [-0.1, -0.05) is 20.3 Å². The van der Waals surface area contributed by atoms with E-state index in [-0.39, 0.29) is 23.6 Å². The van der Waals surface area contributed by atoms with Crippen LogP contribution in [0.4, 0.5) is 8.78 Å².